The Kier molecular flexibility index (Phi) is 4.79. The van der Waals surface area contributed by atoms with Gasteiger partial charge in [0, 0.05) is 23.7 Å². The molecule has 134 valence electrons. The maximum absolute atomic E-state index is 12.2. The smallest absolute Gasteiger partial charge is 0.232 e. The van der Waals surface area contributed by atoms with Gasteiger partial charge in [-0.1, -0.05) is 32.4 Å². The summed E-state index contributed by atoms with van der Waals surface area (Å²) in [6.07, 6.45) is 2.23. The highest BCUT2D eigenvalue weighted by atomic mass is 35.5. The SMILES string of the molecule is CC(C)(C)C(=O)Nc1nc(Cl)c2c(n1)CN(c1ccc(C#N)cn1)CC2. The van der Waals surface area contributed by atoms with E-state index < -0.39 is 5.41 Å². The maximum atomic E-state index is 12.2. The molecule has 0 aromatic carbocycles. The lowest BCUT2D eigenvalue weighted by Crippen LogP contribution is -2.33. The van der Waals surface area contributed by atoms with Crippen molar-refractivity contribution in [3.63, 3.8) is 0 Å². The Bertz CT molecular complexity index is 882. The number of carbonyl (C=O) groups excluding carboxylic acids is 1. The van der Waals surface area contributed by atoms with Crippen molar-refractivity contribution in [1.29, 1.82) is 5.26 Å². The van der Waals surface area contributed by atoms with Crippen molar-refractivity contribution in [2.45, 2.75) is 33.7 Å². The number of anilines is 2. The molecule has 1 aliphatic rings. The van der Waals surface area contributed by atoms with Crippen LogP contribution >= 0.6 is 11.6 Å². The molecule has 26 heavy (non-hydrogen) atoms. The summed E-state index contributed by atoms with van der Waals surface area (Å²) >= 11 is 6.31. The standard InChI is InChI=1S/C18H19ClN6O/c1-18(2,3)16(26)24-17-22-13-10-25(7-6-12(13)15(19)23-17)14-5-4-11(8-20)9-21-14/h4-5,9H,6-7,10H2,1-3H3,(H,22,23,24,26). The second kappa shape index (κ2) is 6.89. The minimum Gasteiger partial charge on any atom is -0.350 e. The molecule has 8 heteroatoms. The normalized spacial score (nSPS) is 13.7. The number of hydrogen-bond acceptors (Lipinski definition) is 6. The van der Waals surface area contributed by atoms with Gasteiger partial charge in [-0.25, -0.2) is 15.0 Å². The molecule has 0 radical (unpaired) electrons. The van der Waals surface area contributed by atoms with Crippen LogP contribution in [0.3, 0.4) is 0 Å². The van der Waals surface area contributed by atoms with Crippen LogP contribution < -0.4 is 10.2 Å². The highest BCUT2D eigenvalue weighted by Crippen LogP contribution is 2.27. The molecule has 0 aliphatic carbocycles. The van der Waals surface area contributed by atoms with Crippen LogP contribution in [-0.2, 0) is 17.8 Å². The number of carbonyl (C=O) groups is 1. The topological polar surface area (TPSA) is 94.8 Å². The summed E-state index contributed by atoms with van der Waals surface area (Å²) in [5.74, 6) is 0.808. The van der Waals surface area contributed by atoms with E-state index in [1.165, 1.54) is 0 Å². The molecule has 1 amide bonds. The van der Waals surface area contributed by atoms with E-state index in [0.29, 0.717) is 23.7 Å². The molecule has 0 saturated heterocycles. The minimum atomic E-state index is -0.551. The number of nitrogens with zero attached hydrogens (tertiary/aromatic N) is 5. The van der Waals surface area contributed by atoms with E-state index >= 15 is 0 Å². The van der Waals surface area contributed by atoms with Gasteiger partial charge in [0.25, 0.3) is 0 Å². The Hall–Kier alpha value is -2.72. The number of nitriles is 1. The highest BCUT2D eigenvalue weighted by Gasteiger charge is 2.25. The molecular weight excluding hydrogens is 352 g/mol. The Balaban J connectivity index is 1.84. The van der Waals surface area contributed by atoms with Crippen LogP contribution in [0, 0.1) is 16.7 Å². The van der Waals surface area contributed by atoms with E-state index in [1.807, 2.05) is 26.8 Å². The summed E-state index contributed by atoms with van der Waals surface area (Å²) in [5, 5.41) is 12.0. The molecular formula is C18H19ClN6O. The van der Waals surface area contributed by atoms with Crippen molar-refractivity contribution in [3.05, 3.63) is 40.3 Å². The lowest BCUT2D eigenvalue weighted by molar-refractivity contribution is -0.123. The van der Waals surface area contributed by atoms with E-state index in [0.717, 1.165) is 23.6 Å². The predicted octanol–water partition coefficient (Wildman–Crippen LogP) is 2.94. The summed E-state index contributed by atoms with van der Waals surface area (Å²) in [6.45, 7) is 6.69. The largest absolute Gasteiger partial charge is 0.350 e. The van der Waals surface area contributed by atoms with Crippen molar-refractivity contribution in [2.24, 2.45) is 5.41 Å². The first-order chi connectivity index (χ1) is 12.3. The molecule has 1 N–H and O–H groups in total. The first-order valence-electron chi connectivity index (χ1n) is 8.26. The Morgan fingerprint density at radius 1 is 1.35 bits per heavy atom. The van der Waals surface area contributed by atoms with E-state index in [-0.39, 0.29) is 11.9 Å². The van der Waals surface area contributed by atoms with Gasteiger partial charge in [-0.2, -0.15) is 5.26 Å². The molecule has 0 unspecified atom stereocenters. The van der Waals surface area contributed by atoms with Gasteiger partial charge in [0.15, 0.2) is 0 Å². The maximum Gasteiger partial charge on any atom is 0.232 e. The number of amides is 1. The van der Waals surface area contributed by atoms with Crippen LogP contribution in [0.5, 0.6) is 0 Å². The summed E-state index contributed by atoms with van der Waals surface area (Å²) in [5.41, 5.74) is 1.63. The molecule has 7 nitrogen and oxygen atoms in total. The zero-order chi connectivity index (χ0) is 18.9. The predicted molar refractivity (Wildman–Crippen MR) is 98.8 cm³/mol. The zero-order valence-corrected chi connectivity index (χ0v) is 15.6. The number of halogens is 1. The van der Waals surface area contributed by atoms with Crippen molar-refractivity contribution in [2.75, 3.05) is 16.8 Å². The lowest BCUT2D eigenvalue weighted by atomic mass is 9.96. The summed E-state index contributed by atoms with van der Waals surface area (Å²) < 4.78 is 0. The average Bonchev–Trinajstić information content (AvgIpc) is 2.60. The van der Waals surface area contributed by atoms with E-state index in [2.05, 4.69) is 31.2 Å². The molecule has 2 aromatic rings. The number of nitrogens with one attached hydrogen (secondary N) is 1. The molecule has 0 atom stereocenters. The van der Waals surface area contributed by atoms with Gasteiger partial charge in [-0.05, 0) is 18.6 Å². The fourth-order valence-electron chi connectivity index (χ4n) is 2.56. The molecule has 0 saturated carbocycles. The number of rotatable bonds is 2. The van der Waals surface area contributed by atoms with Crippen LogP contribution in [0.2, 0.25) is 5.15 Å². The molecule has 3 rings (SSSR count). The number of fused-ring (bicyclic) bond motifs is 1. The van der Waals surface area contributed by atoms with E-state index in [1.54, 1.807) is 12.3 Å². The summed E-state index contributed by atoms with van der Waals surface area (Å²) in [6, 6.07) is 5.61. The summed E-state index contributed by atoms with van der Waals surface area (Å²) in [7, 11) is 0. The van der Waals surface area contributed by atoms with Crippen molar-refractivity contribution in [3.8, 4) is 6.07 Å². The Morgan fingerprint density at radius 3 is 2.73 bits per heavy atom. The fraction of sp³-hybridized carbons (Fsp3) is 0.389. The molecule has 0 fully saturated rings. The monoisotopic (exact) mass is 370 g/mol. The van der Waals surface area contributed by atoms with Gasteiger partial charge in [-0.15, -0.1) is 0 Å². The lowest BCUT2D eigenvalue weighted by Gasteiger charge is -2.29. The van der Waals surface area contributed by atoms with Gasteiger partial charge in [0.2, 0.25) is 11.9 Å². The molecule has 1 aliphatic heterocycles. The van der Waals surface area contributed by atoms with Crippen molar-refractivity contribution >= 4 is 29.3 Å². The quantitative estimate of drug-likeness (QED) is 0.816. The van der Waals surface area contributed by atoms with Gasteiger partial charge in [0.1, 0.15) is 17.0 Å². The first-order valence-corrected chi connectivity index (χ1v) is 8.63. The zero-order valence-electron chi connectivity index (χ0n) is 14.9. The third-order valence-electron chi connectivity index (χ3n) is 4.12. The number of aromatic nitrogens is 3. The Labute approximate surface area is 157 Å². The third kappa shape index (κ3) is 3.75. The molecule has 0 spiro atoms. The van der Waals surface area contributed by atoms with Gasteiger partial charge in [0.05, 0.1) is 17.8 Å². The van der Waals surface area contributed by atoms with Crippen molar-refractivity contribution in [1.82, 2.24) is 15.0 Å². The van der Waals surface area contributed by atoms with E-state index in [9.17, 15) is 4.79 Å². The van der Waals surface area contributed by atoms with Gasteiger partial charge >= 0.3 is 0 Å². The highest BCUT2D eigenvalue weighted by molar-refractivity contribution is 6.30. The fourth-order valence-corrected chi connectivity index (χ4v) is 2.85. The number of hydrogen-bond donors (Lipinski definition) is 1. The number of pyridine rings is 1. The van der Waals surface area contributed by atoms with Crippen LogP contribution in [0.1, 0.15) is 37.6 Å². The molecule has 2 aromatic heterocycles. The van der Waals surface area contributed by atoms with Gasteiger partial charge in [-0.3, -0.25) is 10.1 Å². The van der Waals surface area contributed by atoms with Crippen LogP contribution in [-0.4, -0.2) is 27.4 Å². The second-order valence-corrected chi connectivity index (χ2v) is 7.51. The minimum absolute atomic E-state index is 0.171. The van der Waals surface area contributed by atoms with Crippen LogP contribution in [0.15, 0.2) is 18.3 Å². The van der Waals surface area contributed by atoms with Crippen LogP contribution in [0.4, 0.5) is 11.8 Å². The first kappa shape index (κ1) is 18.1. The van der Waals surface area contributed by atoms with Crippen LogP contribution in [0.25, 0.3) is 0 Å². The Morgan fingerprint density at radius 2 is 2.12 bits per heavy atom. The third-order valence-corrected chi connectivity index (χ3v) is 4.43. The molecule has 0 bridgehead atoms. The molecule has 3 heterocycles. The van der Waals surface area contributed by atoms with E-state index in [4.69, 9.17) is 16.9 Å². The van der Waals surface area contributed by atoms with Crippen molar-refractivity contribution < 1.29 is 4.79 Å². The van der Waals surface area contributed by atoms with Gasteiger partial charge < -0.3 is 4.90 Å². The second-order valence-electron chi connectivity index (χ2n) is 7.16. The summed E-state index contributed by atoms with van der Waals surface area (Å²) in [4.78, 5) is 27.3. The average molecular weight is 371 g/mol.